The van der Waals surface area contributed by atoms with Gasteiger partial charge in [-0.3, -0.25) is 9.59 Å². The SMILES string of the molecule is O=C(NCCC(=O)N1CCC[C@@H]1c1nc2ccccc2[nH]1)c1ccco1. The van der Waals surface area contributed by atoms with E-state index >= 15 is 0 Å². The number of para-hydroxylation sites is 2. The smallest absolute Gasteiger partial charge is 0.286 e. The summed E-state index contributed by atoms with van der Waals surface area (Å²) in [5.41, 5.74) is 1.89. The number of likely N-dealkylation sites (tertiary alicyclic amines) is 1. The number of imidazole rings is 1. The summed E-state index contributed by atoms with van der Waals surface area (Å²) in [5.74, 6) is 0.793. The number of H-pyrrole nitrogens is 1. The summed E-state index contributed by atoms with van der Waals surface area (Å²) in [6.07, 6.45) is 3.54. The van der Waals surface area contributed by atoms with Crippen molar-refractivity contribution in [2.75, 3.05) is 13.1 Å². The Bertz CT molecular complexity index is 883. The molecule has 3 aromatic rings. The van der Waals surface area contributed by atoms with Crippen molar-refractivity contribution in [1.82, 2.24) is 20.2 Å². The molecule has 1 atom stereocenters. The molecule has 1 aliphatic rings. The molecule has 1 saturated heterocycles. The summed E-state index contributed by atoms with van der Waals surface area (Å²) in [7, 11) is 0. The fourth-order valence-electron chi connectivity index (χ4n) is 3.40. The number of amides is 2. The fraction of sp³-hybridized carbons (Fsp3) is 0.316. The van der Waals surface area contributed by atoms with Crippen LogP contribution in [0.1, 0.15) is 41.7 Å². The van der Waals surface area contributed by atoms with E-state index in [-0.39, 0.29) is 36.6 Å². The molecule has 1 aromatic carbocycles. The average Bonchev–Trinajstić information content (AvgIpc) is 3.40. The second-order valence-corrected chi connectivity index (χ2v) is 6.37. The lowest BCUT2D eigenvalue weighted by atomic mass is 10.2. The molecular weight excluding hydrogens is 332 g/mol. The minimum atomic E-state index is -0.307. The van der Waals surface area contributed by atoms with Crippen LogP contribution in [0.3, 0.4) is 0 Å². The molecule has 0 aliphatic carbocycles. The van der Waals surface area contributed by atoms with Gasteiger partial charge in [-0.2, -0.15) is 0 Å². The van der Waals surface area contributed by atoms with Crippen molar-refractivity contribution in [2.45, 2.75) is 25.3 Å². The van der Waals surface area contributed by atoms with Gasteiger partial charge < -0.3 is 19.6 Å². The van der Waals surface area contributed by atoms with Gasteiger partial charge in [0, 0.05) is 19.5 Å². The third-order valence-corrected chi connectivity index (χ3v) is 4.67. The molecule has 134 valence electrons. The number of furan rings is 1. The Hall–Kier alpha value is -3.09. The Morgan fingerprint density at radius 3 is 2.96 bits per heavy atom. The Morgan fingerprint density at radius 1 is 1.27 bits per heavy atom. The molecule has 0 bridgehead atoms. The summed E-state index contributed by atoms with van der Waals surface area (Å²) in [5, 5.41) is 2.71. The molecule has 2 N–H and O–H groups in total. The van der Waals surface area contributed by atoms with Gasteiger partial charge in [0.1, 0.15) is 5.82 Å². The highest BCUT2D eigenvalue weighted by molar-refractivity contribution is 5.91. The average molecular weight is 352 g/mol. The topological polar surface area (TPSA) is 91.2 Å². The zero-order valence-corrected chi connectivity index (χ0v) is 14.3. The number of carbonyl (C=O) groups excluding carboxylic acids is 2. The molecule has 7 heteroatoms. The summed E-state index contributed by atoms with van der Waals surface area (Å²) in [6, 6.07) is 11.1. The van der Waals surface area contributed by atoms with Crippen molar-refractivity contribution >= 4 is 22.8 Å². The Labute approximate surface area is 150 Å². The number of fused-ring (bicyclic) bond motifs is 1. The zero-order chi connectivity index (χ0) is 17.9. The minimum absolute atomic E-state index is 0.0210. The lowest BCUT2D eigenvalue weighted by Gasteiger charge is -2.23. The van der Waals surface area contributed by atoms with Gasteiger partial charge in [-0.25, -0.2) is 4.98 Å². The molecule has 7 nitrogen and oxygen atoms in total. The number of hydrogen-bond acceptors (Lipinski definition) is 4. The van der Waals surface area contributed by atoms with Crippen LogP contribution in [0, 0.1) is 0 Å². The molecule has 0 saturated carbocycles. The number of nitrogens with one attached hydrogen (secondary N) is 2. The van der Waals surface area contributed by atoms with Crippen LogP contribution in [0.5, 0.6) is 0 Å². The van der Waals surface area contributed by atoms with Crippen LogP contribution < -0.4 is 5.32 Å². The molecule has 3 heterocycles. The van der Waals surface area contributed by atoms with Crippen molar-refractivity contribution in [2.24, 2.45) is 0 Å². The number of hydrogen-bond donors (Lipinski definition) is 2. The van der Waals surface area contributed by atoms with E-state index in [0.717, 1.165) is 29.7 Å². The monoisotopic (exact) mass is 352 g/mol. The van der Waals surface area contributed by atoms with Gasteiger partial charge in [0.15, 0.2) is 5.76 Å². The zero-order valence-electron chi connectivity index (χ0n) is 14.3. The summed E-state index contributed by atoms with van der Waals surface area (Å²) in [4.78, 5) is 34.3. The predicted octanol–water partition coefficient (Wildman–Crippen LogP) is 2.64. The highest BCUT2D eigenvalue weighted by atomic mass is 16.3. The third kappa shape index (κ3) is 3.20. The Morgan fingerprint density at radius 2 is 2.15 bits per heavy atom. The molecule has 4 rings (SSSR count). The first-order chi connectivity index (χ1) is 12.7. The van der Waals surface area contributed by atoms with Gasteiger partial charge in [0.05, 0.1) is 23.3 Å². The van der Waals surface area contributed by atoms with E-state index in [0.29, 0.717) is 6.54 Å². The molecular formula is C19H20N4O3. The first-order valence-electron chi connectivity index (χ1n) is 8.78. The van der Waals surface area contributed by atoms with Crippen molar-refractivity contribution in [3.63, 3.8) is 0 Å². The van der Waals surface area contributed by atoms with Gasteiger partial charge in [-0.15, -0.1) is 0 Å². The standard InChI is InChI=1S/C19H20N4O3/c24-17(9-10-20-19(25)16-8-4-12-26-16)23-11-3-7-15(23)18-21-13-5-1-2-6-14(13)22-18/h1-2,4-6,8,12,15H,3,7,9-11H2,(H,20,25)(H,21,22)/t15-/m1/s1. The van der Waals surface area contributed by atoms with E-state index in [2.05, 4.69) is 15.3 Å². The van der Waals surface area contributed by atoms with Gasteiger partial charge in [-0.05, 0) is 37.1 Å². The summed E-state index contributed by atoms with van der Waals surface area (Å²) < 4.78 is 5.04. The van der Waals surface area contributed by atoms with Crippen LogP contribution in [-0.2, 0) is 4.79 Å². The van der Waals surface area contributed by atoms with Gasteiger partial charge in [0.2, 0.25) is 5.91 Å². The number of aromatic amines is 1. The molecule has 0 spiro atoms. The van der Waals surface area contributed by atoms with Crippen LogP contribution in [0.15, 0.2) is 47.1 Å². The lowest BCUT2D eigenvalue weighted by molar-refractivity contribution is -0.132. The predicted molar refractivity (Wildman–Crippen MR) is 95.4 cm³/mol. The molecule has 26 heavy (non-hydrogen) atoms. The van der Waals surface area contributed by atoms with E-state index in [9.17, 15) is 9.59 Å². The van der Waals surface area contributed by atoms with E-state index in [1.165, 1.54) is 6.26 Å². The van der Waals surface area contributed by atoms with Crippen LogP contribution in [0.2, 0.25) is 0 Å². The number of nitrogens with zero attached hydrogens (tertiary/aromatic N) is 2. The number of rotatable bonds is 5. The maximum atomic E-state index is 12.6. The first-order valence-corrected chi connectivity index (χ1v) is 8.78. The first kappa shape index (κ1) is 16.4. The quantitative estimate of drug-likeness (QED) is 0.738. The largest absolute Gasteiger partial charge is 0.459 e. The summed E-state index contributed by atoms with van der Waals surface area (Å²) >= 11 is 0. The van der Waals surface area contributed by atoms with Gasteiger partial charge in [0.25, 0.3) is 5.91 Å². The molecule has 0 radical (unpaired) electrons. The van der Waals surface area contributed by atoms with Crippen molar-refractivity contribution in [3.8, 4) is 0 Å². The Kier molecular flexibility index (Phi) is 4.43. The highest BCUT2D eigenvalue weighted by Crippen LogP contribution is 2.31. The molecule has 0 unspecified atom stereocenters. The number of benzene rings is 1. The van der Waals surface area contributed by atoms with Crippen LogP contribution >= 0.6 is 0 Å². The minimum Gasteiger partial charge on any atom is -0.459 e. The van der Waals surface area contributed by atoms with Crippen LogP contribution in [-0.4, -0.2) is 39.8 Å². The number of carbonyl (C=O) groups is 2. The van der Waals surface area contributed by atoms with Crippen molar-refractivity contribution in [1.29, 1.82) is 0 Å². The number of aromatic nitrogens is 2. The highest BCUT2D eigenvalue weighted by Gasteiger charge is 2.31. The van der Waals surface area contributed by atoms with Gasteiger partial charge >= 0.3 is 0 Å². The van der Waals surface area contributed by atoms with E-state index in [4.69, 9.17) is 4.42 Å². The molecule has 1 aliphatic heterocycles. The molecule has 2 aromatic heterocycles. The molecule has 2 amide bonds. The van der Waals surface area contributed by atoms with E-state index in [1.807, 2.05) is 29.2 Å². The maximum Gasteiger partial charge on any atom is 0.286 e. The third-order valence-electron chi connectivity index (χ3n) is 4.67. The maximum absolute atomic E-state index is 12.6. The van der Waals surface area contributed by atoms with Crippen molar-refractivity contribution in [3.05, 3.63) is 54.2 Å². The van der Waals surface area contributed by atoms with Crippen molar-refractivity contribution < 1.29 is 14.0 Å². The van der Waals surface area contributed by atoms with E-state index < -0.39 is 0 Å². The van der Waals surface area contributed by atoms with Crippen LogP contribution in [0.4, 0.5) is 0 Å². The molecule has 1 fully saturated rings. The van der Waals surface area contributed by atoms with Gasteiger partial charge in [-0.1, -0.05) is 12.1 Å². The second-order valence-electron chi connectivity index (χ2n) is 6.37. The van der Waals surface area contributed by atoms with Crippen LogP contribution in [0.25, 0.3) is 11.0 Å². The second kappa shape index (κ2) is 7.03. The van der Waals surface area contributed by atoms with E-state index in [1.54, 1.807) is 12.1 Å². The summed E-state index contributed by atoms with van der Waals surface area (Å²) in [6.45, 7) is 0.994. The Balaban J connectivity index is 1.38. The normalized spacial score (nSPS) is 16.9. The fourth-order valence-corrected chi connectivity index (χ4v) is 3.40. The lowest BCUT2D eigenvalue weighted by Crippen LogP contribution is -2.34.